The number of benzene rings is 2. The number of anilines is 1. The van der Waals surface area contributed by atoms with E-state index in [1.54, 1.807) is 36.1 Å². The molecule has 0 aliphatic carbocycles. The van der Waals surface area contributed by atoms with Crippen molar-refractivity contribution in [3.8, 4) is 0 Å². The zero-order chi connectivity index (χ0) is 23.6. The van der Waals surface area contributed by atoms with Crippen molar-refractivity contribution in [2.24, 2.45) is 0 Å². The Hall–Kier alpha value is -2.87. The molecule has 174 valence electrons. The Morgan fingerprint density at radius 2 is 1.59 bits per heavy atom. The van der Waals surface area contributed by atoms with Gasteiger partial charge in [-0.15, -0.1) is 0 Å². The Morgan fingerprint density at radius 1 is 1.00 bits per heavy atom. The lowest BCUT2D eigenvalue weighted by Crippen LogP contribution is -2.47. The summed E-state index contributed by atoms with van der Waals surface area (Å²) in [5.74, 6) is -0.382. The van der Waals surface area contributed by atoms with E-state index in [1.165, 1.54) is 4.31 Å². The SMILES string of the molecule is CCCNC(=O)C(C)N(Cc1ccccc1)C(=O)CCCN(c1ccccc1)S(C)(=O)=O. The number of nitrogens with zero attached hydrogens (tertiary/aromatic N) is 2. The van der Waals surface area contributed by atoms with Crippen molar-refractivity contribution in [2.75, 3.05) is 23.7 Å². The van der Waals surface area contributed by atoms with Crippen LogP contribution in [0.25, 0.3) is 0 Å². The highest BCUT2D eigenvalue weighted by Crippen LogP contribution is 2.18. The second kappa shape index (κ2) is 12.2. The first-order valence-corrected chi connectivity index (χ1v) is 12.7. The molecule has 2 aromatic rings. The van der Waals surface area contributed by atoms with Crippen LogP contribution in [0.1, 0.15) is 38.7 Å². The number of carbonyl (C=O) groups excluding carboxylic acids is 2. The van der Waals surface area contributed by atoms with E-state index in [1.807, 2.05) is 43.3 Å². The summed E-state index contributed by atoms with van der Waals surface area (Å²) in [5, 5.41) is 2.85. The van der Waals surface area contributed by atoms with Crippen LogP contribution in [0.4, 0.5) is 5.69 Å². The van der Waals surface area contributed by atoms with E-state index < -0.39 is 16.1 Å². The Morgan fingerprint density at radius 3 is 2.16 bits per heavy atom. The van der Waals surface area contributed by atoms with Crippen LogP contribution in [0.2, 0.25) is 0 Å². The summed E-state index contributed by atoms with van der Waals surface area (Å²) >= 11 is 0. The van der Waals surface area contributed by atoms with Gasteiger partial charge in [-0.25, -0.2) is 8.42 Å². The molecule has 2 aromatic carbocycles. The molecule has 2 amide bonds. The zero-order valence-corrected chi connectivity index (χ0v) is 19.8. The molecule has 2 rings (SSSR count). The van der Waals surface area contributed by atoms with Gasteiger partial charge in [-0.3, -0.25) is 13.9 Å². The molecular formula is C24H33N3O4S. The topological polar surface area (TPSA) is 86.8 Å². The van der Waals surface area contributed by atoms with E-state index in [0.29, 0.717) is 25.2 Å². The van der Waals surface area contributed by atoms with Crippen LogP contribution in [0.5, 0.6) is 0 Å². The normalized spacial score (nSPS) is 12.1. The first-order chi connectivity index (χ1) is 15.2. The van der Waals surface area contributed by atoms with Crippen molar-refractivity contribution >= 4 is 27.5 Å². The number of hydrogen-bond donors (Lipinski definition) is 1. The molecule has 0 saturated carbocycles. The molecule has 0 radical (unpaired) electrons. The Kier molecular flexibility index (Phi) is 9.71. The number of para-hydroxylation sites is 1. The van der Waals surface area contributed by atoms with Gasteiger partial charge >= 0.3 is 0 Å². The summed E-state index contributed by atoms with van der Waals surface area (Å²) in [6, 6.07) is 17.7. The van der Waals surface area contributed by atoms with Crippen molar-refractivity contribution in [2.45, 2.75) is 45.7 Å². The molecule has 0 saturated heterocycles. The summed E-state index contributed by atoms with van der Waals surface area (Å²) < 4.78 is 25.8. The summed E-state index contributed by atoms with van der Waals surface area (Å²) in [4.78, 5) is 27.2. The minimum atomic E-state index is -3.48. The molecule has 0 spiro atoms. The predicted molar refractivity (Wildman–Crippen MR) is 128 cm³/mol. The Balaban J connectivity index is 2.10. The summed E-state index contributed by atoms with van der Waals surface area (Å²) in [6.45, 7) is 4.74. The summed E-state index contributed by atoms with van der Waals surface area (Å²) in [5.41, 5.74) is 1.49. The molecule has 0 aromatic heterocycles. The lowest BCUT2D eigenvalue weighted by molar-refractivity contribution is -0.140. The molecule has 8 heteroatoms. The van der Waals surface area contributed by atoms with Crippen LogP contribution in [0.3, 0.4) is 0 Å². The van der Waals surface area contributed by atoms with Crippen LogP contribution >= 0.6 is 0 Å². The molecule has 0 heterocycles. The largest absolute Gasteiger partial charge is 0.354 e. The van der Waals surface area contributed by atoms with Crippen molar-refractivity contribution in [1.29, 1.82) is 0 Å². The number of carbonyl (C=O) groups is 2. The monoisotopic (exact) mass is 459 g/mol. The average molecular weight is 460 g/mol. The summed E-state index contributed by atoms with van der Waals surface area (Å²) in [6.07, 6.45) is 2.45. The van der Waals surface area contributed by atoms with Gasteiger partial charge in [0.25, 0.3) is 0 Å². The van der Waals surface area contributed by atoms with Crippen molar-refractivity contribution < 1.29 is 18.0 Å². The van der Waals surface area contributed by atoms with Crippen molar-refractivity contribution in [1.82, 2.24) is 10.2 Å². The third-order valence-corrected chi connectivity index (χ3v) is 6.30. The Labute approximate surface area is 191 Å². The Bertz CT molecular complexity index is 965. The number of rotatable bonds is 12. The maximum Gasteiger partial charge on any atom is 0.242 e. The van der Waals surface area contributed by atoms with Crippen LogP contribution in [-0.2, 0) is 26.2 Å². The van der Waals surface area contributed by atoms with Gasteiger partial charge in [0.15, 0.2) is 0 Å². The first-order valence-electron chi connectivity index (χ1n) is 10.9. The minimum Gasteiger partial charge on any atom is -0.354 e. The average Bonchev–Trinajstić information content (AvgIpc) is 2.78. The molecule has 7 nitrogen and oxygen atoms in total. The molecule has 1 atom stereocenters. The fraction of sp³-hybridized carbons (Fsp3) is 0.417. The van der Waals surface area contributed by atoms with Crippen molar-refractivity contribution in [3.63, 3.8) is 0 Å². The van der Waals surface area contributed by atoms with Gasteiger partial charge in [-0.2, -0.15) is 0 Å². The number of amides is 2. The van der Waals surface area contributed by atoms with Gasteiger partial charge in [-0.1, -0.05) is 55.5 Å². The van der Waals surface area contributed by atoms with Gasteiger partial charge in [0.05, 0.1) is 11.9 Å². The van der Waals surface area contributed by atoms with Gasteiger partial charge in [0.2, 0.25) is 21.8 Å². The molecular weight excluding hydrogens is 426 g/mol. The predicted octanol–water partition coefficient (Wildman–Crippen LogP) is 3.18. The van der Waals surface area contributed by atoms with Gasteiger partial charge in [0, 0.05) is 26.1 Å². The highest BCUT2D eigenvalue weighted by molar-refractivity contribution is 7.92. The molecule has 32 heavy (non-hydrogen) atoms. The van der Waals surface area contributed by atoms with Crippen LogP contribution in [0, 0.1) is 0 Å². The minimum absolute atomic E-state index is 0.136. The van der Waals surface area contributed by atoms with Crippen LogP contribution in [0.15, 0.2) is 60.7 Å². The van der Waals surface area contributed by atoms with E-state index >= 15 is 0 Å². The molecule has 1 N–H and O–H groups in total. The third-order valence-electron chi connectivity index (χ3n) is 5.11. The molecule has 0 aliphatic heterocycles. The zero-order valence-electron chi connectivity index (χ0n) is 19.0. The number of sulfonamides is 1. The van der Waals surface area contributed by atoms with Crippen LogP contribution in [-0.4, -0.2) is 50.5 Å². The highest BCUT2D eigenvalue weighted by atomic mass is 32.2. The number of hydrogen-bond acceptors (Lipinski definition) is 4. The van der Waals surface area contributed by atoms with Crippen molar-refractivity contribution in [3.05, 3.63) is 66.2 Å². The van der Waals surface area contributed by atoms with E-state index in [4.69, 9.17) is 0 Å². The van der Waals surface area contributed by atoms with Crippen LogP contribution < -0.4 is 9.62 Å². The fourth-order valence-electron chi connectivity index (χ4n) is 3.36. The van der Waals surface area contributed by atoms with E-state index in [2.05, 4.69) is 5.32 Å². The first kappa shape index (κ1) is 25.4. The lowest BCUT2D eigenvalue weighted by Gasteiger charge is -2.29. The quantitative estimate of drug-likeness (QED) is 0.528. The number of nitrogens with one attached hydrogen (secondary N) is 1. The molecule has 0 bridgehead atoms. The molecule has 0 fully saturated rings. The second-order valence-electron chi connectivity index (χ2n) is 7.75. The van der Waals surface area contributed by atoms with Gasteiger partial charge in [0.1, 0.15) is 6.04 Å². The van der Waals surface area contributed by atoms with E-state index in [9.17, 15) is 18.0 Å². The van der Waals surface area contributed by atoms with Gasteiger partial charge in [-0.05, 0) is 37.5 Å². The summed E-state index contributed by atoms with van der Waals surface area (Å²) in [7, 11) is -3.48. The van der Waals surface area contributed by atoms with Gasteiger partial charge < -0.3 is 10.2 Å². The maximum atomic E-state index is 13.1. The van der Waals surface area contributed by atoms with E-state index in [0.717, 1.165) is 18.2 Å². The fourth-order valence-corrected chi connectivity index (χ4v) is 4.32. The lowest BCUT2D eigenvalue weighted by atomic mass is 10.1. The standard InChI is InChI=1S/C24H33N3O4S/c1-4-17-25-24(29)20(2)26(19-21-12-7-5-8-13-21)23(28)16-11-18-27(32(3,30)31)22-14-9-6-10-15-22/h5-10,12-15,20H,4,11,16-19H2,1-3H3,(H,25,29). The molecule has 1 unspecified atom stereocenters. The highest BCUT2D eigenvalue weighted by Gasteiger charge is 2.26. The second-order valence-corrected chi connectivity index (χ2v) is 9.66. The molecule has 0 aliphatic rings. The maximum absolute atomic E-state index is 13.1. The van der Waals surface area contributed by atoms with E-state index in [-0.39, 0.29) is 24.8 Å². The smallest absolute Gasteiger partial charge is 0.242 e. The third kappa shape index (κ3) is 7.67.